The largest absolute Gasteiger partial charge is 0.446 e. The van der Waals surface area contributed by atoms with Crippen molar-refractivity contribution in [1.82, 2.24) is 9.78 Å². The molecule has 9 nitrogen and oxygen atoms in total. The van der Waals surface area contributed by atoms with Gasteiger partial charge in [-0.3, -0.25) is 14.4 Å². The number of fused-ring (bicyclic) bond motifs is 1. The fraction of sp³-hybridized carbons (Fsp3) is 0.542. The fourth-order valence-electron chi connectivity index (χ4n) is 5.05. The predicted molar refractivity (Wildman–Crippen MR) is 129 cm³/mol. The second kappa shape index (κ2) is 8.72. The monoisotopic (exact) mass is 486 g/mol. The number of carbonyl (C=O) groups excluding carboxylic acids is 2. The molecule has 2 atom stereocenters. The molecule has 1 aliphatic carbocycles. The highest BCUT2D eigenvalue weighted by molar-refractivity contribution is 7.91. The van der Waals surface area contributed by atoms with Crippen LogP contribution in [0.15, 0.2) is 30.6 Å². The van der Waals surface area contributed by atoms with Crippen molar-refractivity contribution >= 4 is 33.2 Å². The predicted octanol–water partition coefficient (Wildman–Crippen LogP) is 3.55. The first-order valence-corrected chi connectivity index (χ1v) is 13.7. The molecule has 0 N–H and O–H groups in total. The van der Waals surface area contributed by atoms with Crippen LogP contribution in [-0.2, 0) is 19.4 Å². The molecule has 2 aromatic rings. The highest BCUT2D eigenvalue weighted by atomic mass is 32.2. The summed E-state index contributed by atoms with van der Waals surface area (Å²) in [5.41, 5.74) is 2.96. The lowest BCUT2D eigenvalue weighted by atomic mass is 9.96. The van der Waals surface area contributed by atoms with Crippen LogP contribution in [0.3, 0.4) is 0 Å². The van der Waals surface area contributed by atoms with Gasteiger partial charge in [-0.15, -0.1) is 0 Å². The van der Waals surface area contributed by atoms with Crippen LogP contribution in [0.1, 0.15) is 52.0 Å². The number of sulfone groups is 1. The molecule has 1 saturated heterocycles. The van der Waals surface area contributed by atoms with E-state index in [0.717, 1.165) is 36.8 Å². The number of nitrogens with zero attached hydrogens (tertiary/aromatic N) is 4. The summed E-state index contributed by atoms with van der Waals surface area (Å²) in [4.78, 5) is 28.8. The molecule has 0 bridgehead atoms. The lowest BCUT2D eigenvalue weighted by Gasteiger charge is -2.41. The zero-order valence-corrected chi connectivity index (χ0v) is 20.3. The molecule has 3 aliphatic rings. The molecule has 2 fully saturated rings. The van der Waals surface area contributed by atoms with Gasteiger partial charge in [0.1, 0.15) is 6.10 Å². The lowest BCUT2D eigenvalue weighted by molar-refractivity contribution is -0.117. The Morgan fingerprint density at radius 1 is 1.09 bits per heavy atom. The number of carbonyl (C=O) groups is 2. The molecule has 5 rings (SSSR count). The molecule has 2 unspecified atom stereocenters. The molecule has 1 saturated carbocycles. The van der Waals surface area contributed by atoms with E-state index < -0.39 is 9.84 Å². The van der Waals surface area contributed by atoms with Crippen molar-refractivity contribution in [2.45, 2.75) is 64.1 Å². The maximum atomic E-state index is 13.0. The quantitative estimate of drug-likeness (QED) is 0.658. The lowest BCUT2D eigenvalue weighted by Crippen LogP contribution is -2.52. The zero-order valence-electron chi connectivity index (χ0n) is 19.5. The number of hydrogen-bond donors (Lipinski definition) is 0. The smallest absolute Gasteiger partial charge is 0.414 e. The van der Waals surface area contributed by atoms with Gasteiger partial charge in [0.05, 0.1) is 41.2 Å². The fourth-order valence-corrected chi connectivity index (χ4v) is 6.73. The Balaban J connectivity index is 1.47. The summed E-state index contributed by atoms with van der Waals surface area (Å²) in [7, 11) is -3.05. The molecule has 1 aromatic carbocycles. The van der Waals surface area contributed by atoms with Crippen LogP contribution in [0.5, 0.6) is 0 Å². The second-order valence-corrected chi connectivity index (χ2v) is 11.8. The molecular weight excluding hydrogens is 456 g/mol. The third-order valence-electron chi connectivity index (χ3n) is 7.04. The Morgan fingerprint density at radius 2 is 1.88 bits per heavy atom. The summed E-state index contributed by atoms with van der Waals surface area (Å²) in [6.07, 6.45) is 7.41. The highest BCUT2D eigenvalue weighted by Crippen LogP contribution is 2.40. The third-order valence-corrected chi connectivity index (χ3v) is 8.84. The van der Waals surface area contributed by atoms with Crippen LogP contribution < -0.4 is 9.80 Å². The van der Waals surface area contributed by atoms with Crippen molar-refractivity contribution in [2.75, 3.05) is 27.9 Å². The Hall–Kier alpha value is -2.88. The minimum atomic E-state index is -3.05. The number of benzene rings is 1. The van der Waals surface area contributed by atoms with Crippen molar-refractivity contribution in [3.8, 4) is 11.1 Å². The van der Waals surface area contributed by atoms with E-state index >= 15 is 0 Å². The van der Waals surface area contributed by atoms with Gasteiger partial charge >= 0.3 is 6.09 Å². The first-order chi connectivity index (χ1) is 16.2. The van der Waals surface area contributed by atoms with Crippen molar-refractivity contribution in [3.63, 3.8) is 0 Å². The molecule has 1 aromatic heterocycles. The van der Waals surface area contributed by atoms with Gasteiger partial charge < -0.3 is 9.64 Å². The first kappa shape index (κ1) is 22.9. The molecule has 182 valence electrons. The van der Waals surface area contributed by atoms with Crippen LogP contribution in [-0.4, -0.2) is 60.4 Å². The van der Waals surface area contributed by atoms with Gasteiger partial charge in [0.15, 0.2) is 9.84 Å². The van der Waals surface area contributed by atoms with Crippen molar-refractivity contribution < 1.29 is 22.7 Å². The molecule has 34 heavy (non-hydrogen) atoms. The molecule has 3 heterocycles. The Morgan fingerprint density at radius 3 is 2.56 bits per heavy atom. The second-order valence-electron chi connectivity index (χ2n) is 9.61. The Bertz CT molecular complexity index is 1220. The van der Waals surface area contributed by atoms with E-state index in [-0.39, 0.29) is 41.7 Å². The third kappa shape index (κ3) is 4.31. The zero-order chi connectivity index (χ0) is 24.0. The van der Waals surface area contributed by atoms with E-state index in [1.165, 1.54) is 6.92 Å². The average molecular weight is 487 g/mol. The van der Waals surface area contributed by atoms with Crippen molar-refractivity contribution in [1.29, 1.82) is 0 Å². The summed E-state index contributed by atoms with van der Waals surface area (Å²) in [6, 6.07) is 5.29. The van der Waals surface area contributed by atoms with Crippen molar-refractivity contribution in [2.24, 2.45) is 0 Å². The highest BCUT2D eigenvalue weighted by Gasteiger charge is 2.36. The maximum absolute atomic E-state index is 13.0. The summed E-state index contributed by atoms with van der Waals surface area (Å²) >= 11 is 0. The van der Waals surface area contributed by atoms with Crippen LogP contribution in [0.25, 0.3) is 11.1 Å². The Labute approximate surface area is 199 Å². The molecule has 10 heteroatoms. The topological polar surface area (TPSA) is 102 Å². The number of ether oxygens (including phenoxy) is 1. The van der Waals surface area contributed by atoms with Gasteiger partial charge in [0.25, 0.3) is 0 Å². The normalized spacial score (nSPS) is 24.3. The van der Waals surface area contributed by atoms with Crippen LogP contribution >= 0.6 is 0 Å². The van der Waals surface area contributed by atoms with Gasteiger partial charge in [0, 0.05) is 25.2 Å². The Kier molecular flexibility index (Phi) is 5.87. The van der Waals surface area contributed by atoms with Crippen LogP contribution in [0.4, 0.5) is 16.2 Å². The number of aromatic nitrogens is 2. The summed E-state index contributed by atoms with van der Waals surface area (Å²) in [5, 5.41) is 4.44. The van der Waals surface area contributed by atoms with Gasteiger partial charge in [-0.05, 0) is 56.7 Å². The number of hydrogen-bond acceptors (Lipinski definition) is 6. The molecule has 2 amide bonds. The minimum Gasteiger partial charge on any atom is -0.446 e. The molecule has 0 radical (unpaired) electrons. The summed E-state index contributed by atoms with van der Waals surface area (Å²) in [6.45, 7) is 3.80. The van der Waals surface area contributed by atoms with Crippen LogP contribution in [0, 0.1) is 0 Å². The average Bonchev–Trinajstić information content (AvgIpc) is 3.24. The van der Waals surface area contributed by atoms with E-state index in [1.54, 1.807) is 20.7 Å². The number of anilines is 2. The molecule has 2 aliphatic heterocycles. The number of rotatable bonds is 3. The van der Waals surface area contributed by atoms with Crippen LogP contribution in [0.2, 0.25) is 0 Å². The SMILES string of the molecule is CC(=O)N1c2ccc(-c3cnn(C4CCCS(=O)(=O)C4)c3)cc2N(C(=O)OC2CCC2)CC1C. The standard InChI is InChI=1S/C24H30N4O5S/c1-16-13-26(24(30)33-21-6-3-7-21)23-11-18(8-9-22(23)28(16)17(2)29)19-12-25-27(14-19)20-5-4-10-34(31,32)15-20/h8-9,11-12,14,16,20-21H,3-7,10,13,15H2,1-2H3. The maximum Gasteiger partial charge on any atom is 0.414 e. The summed E-state index contributed by atoms with van der Waals surface area (Å²) in [5.74, 6) is 0.255. The van der Waals surface area contributed by atoms with Gasteiger partial charge in [0.2, 0.25) is 5.91 Å². The molecular formula is C24H30N4O5S. The minimum absolute atomic E-state index is 0.0368. The van der Waals surface area contributed by atoms with E-state index in [1.807, 2.05) is 31.3 Å². The van der Waals surface area contributed by atoms with Gasteiger partial charge in [-0.25, -0.2) is 13.2 Å². The summed E-state index contributed by atoms with van der Waals surface area (Å²) < 4.78 is 31.5. The van der Waals surface area contributed by atoms with E-state index in [4.69, 9.17) is 4.74 Å². The van der Waals surface area contributed by atoms with E-state index in [2.05, 4.69) is 5.10 Å². The van der Waals surface area contributed by atoms with Gasteiger partial charge in [-0.1, -0.05) is 6.07 Å². The number of amides is 2. The van der Waals surface area contributed by atoms with E-state index in [9.17, 15) is 18.0 Å². The van der Waals surface area contributed by atoms with Gasteiger partial charge in [-0.2, -0.15) is 5.10 Å². The first-order valence-electron chi connectivity index (χ1n) is 11.9. The molecule has 0 spiro atoms. The van der Waals surface area contributed by atoms with Crippen molar-refractivity contribution in [3.05, 3.63) is 30.6 Å². The van der Waals surface area contributed by atoms with E-state index in [0.29, 0.717) is 24.3 Å².